The zero-order valence-corrected chi connectivity index (χ0v) is 12.4. The molecule has 2 atom stereocenters. The molecule has 6 nitrogen and oxygen atoms in total. The van der Waals surface area contributed by atoms with Crippen molar-refractivity contribution in [1.82, 2.24) is 15.1 Å². The molecular formula is C14H25N3O3. The first-order valence-corrected chi connectivity index (χ1v) is 7.38. The number of rotatable bonds is 5. The van der Waals surface area contributed by atoms with E-state index in [4.69, 9.17) is 4.74 Å². The summed E-state index contributed by atoms with van der Waals surface area (Å²) >= 11 is 0. The Morgan fingerprint density at radius 3 is 2.95 bits per heavy atom. The number of amides is 2. The highest BCUT2D eigenvalue weighted by molar-refractivity contribution is 5.89. The van der Waals surface area contributed by atoms with E-state index < -0.39 is 0 Å². The lowest BCUT2D eigenvalue weighted by Crippen LogP contribution is -2.49. The number of carbonyl (C=O) groups excluding carboxylic acids is 2. The number of likely N-dealkylation sites (tertiary alicyclic amines) is 2. The van der Waals surface area contributed by atoms with Crippen LogP contribution in [-0.4, -0.2) is 74.6 Å². The van der Waals surface area contributed by atoms with Crippen molar-refractivity contribution in [1.29, 1.82) is 0 Å². The Morgan fingerprint density at radius 2 is 2.25 bits per heavy atom. The highest BCUT2D eigenvalue weighted by Gasteiger charge is 2.37. The van der Waals surface area contributed by atoms with Gasteiger partial charge in [-0.2, -0.15) is 0 Å². The summed E-state index contributed by atoms with van der Waals surface area (Å²) in [6, 6.07) is 0.384. The lowest BCUT2D eigenvalue weighted by Gasteiger charge is -2.34. The smallest absolute Gasteiger partial charge is 0.228 e. The number of hydrogen-bond donors (Lipinski definition) is 1. The molecule has 0 bridgehead atoms. The topological polar surface area (TPSA) is 61.9 Å². The number of carbonyl (C=O) groups is 2. The van der Waals surface area contributed by atoms with Gasteiger partial charge in [-0.3, -0.25) is 9.59 Å². The quantitative estimate of drug-likeness (QED) is 0.752. The Balaban J connectivity index is 1.88. The molecule has 2 rings (SSSR count). The van der Waals surface area contributed by atoms with Crippen LogP contribution in [0.4, 0.5) is 0 Å². The molecule has 0 aromatic rings. The number of methoxy groups -OCH3 is 1. The summed E-state index contributed by atoms with van der Waals surface area (Å²) < 4.78 is 5.00. The van der Waals surface area contributed by atoms with Gasteiger partial charge in [0, 0.05) is 45.8 Å². The first-order chi connectivity index (χ1) is 9.65. The molecule has 0 saturated carbocycles. The van der Waals surface area contributed by atoms with Crippen molar-refractivity contribution in [2.24, 2.45) is 5.92 Å². The Morgan fingerprint density at radius 1 is 1.45 bits per heavy atom. The summed E-state index contributed by atoms with van der Waals surface area (Å²) in [6.45, 7) is 3.23. The predicted molar refractivity (Wildman–Crippen MR) is 75.2 cm³/mol. The molecule has 2 aliphatic heterocycles. The monoisotopic (exact) mass is 283 g/mol. The van der Waals surface area contributed by atoms with Gasteiger partial charge in [0.1, 0.15) is 0 Å². The zero-order valence-electron chi connectivity index (χ0n) is 12.4. The van der Waals surface area contributed by atoms with Crippen LogP contribution in [0.3, 0.4) is 0 Å². The summed E-state index contributed by atoms with van der Waals surface area (Å²) in [7, 11) is 3.55. The first-order valence-electron chi connectivity index (χ1n) is 7.38. The van der Waals surface area contributed by atoms with Crippen LogP contribution in [0.5, 0.6) is 0 Å². The Hall–Kier alpha value is -1.14. The van der Waals surface area contributed by atoms with E-state index in [1.54, 1.807) is 12.0 Å². The highest BCUT2D eigenvalue weighted by atomic mass is 16.5. The molecule has 0 spiro atoms. The average molecular weight is 283 g/mol. The molecular weight excluding hydrogens is 258 g/mol. The number of nitrogens with zero attached hydrogens (tertiary/aromatic N) is 2. The van der Waals surface area contributed by atoms with Crippen LogP contribution in [0.25, 0.3) is 0 Å². The van der Waals surface area contributed by atoms with Gasteiger partial charge in [0.2, 0.25) is 11.8 Å². The fraction of sp³-hybridized carbons (Fsp3) is 0.857. The maximum atomic E-state index is 12.5. The molecule has 0 aromatic carbocycles. The molecule has 0 radical (unpaired) electrons. The second-order valence-electron chi connectivity index (χ2n) is 5.65. The molecule has 2 saturated heterocycles. The molecule has 2 amide bonds. The number of nitrogens with one attached hydrogen (secondary N) is 1. The van der Waals surface area contributed by atoms with Gasteiger partial charge in [-0.15, -0.1) is 0 Å². The summed E-state index contributed by atoms with van der Waals surface area (Å²) in [6.07, 6.45) is 2.50. The molecule has 6 heteroatoms. The van der Waals surface area contributed by atoms with Crippen LogP contribution in [0.15, 0.2) is 0 Å². The molecule has 2 fully saturated rings. The second-order valence-corrected chi connectivity index (χ2v) is 5.65. The lowest BCUT2D eigenvalue weighted by molar-refractivity contribution is -0.137. The van der Waals surface area contributed by atoms with E-state index in [2.05, 4.69) is 5.32 Å². The third-order valence-electron chi connectivity index (χ3n) is 4.27. The van der Waals surface area contributed by atoms with Gasteiger partial charge in [0.05, 0.1) is 12.5 Å². The van der Waals surface area contributed by atoms with E-state index in [0.29, 0.717) is 32.2 Å². The van der Waals surface area contributed by atoms with Gasteiger partial charge in [-0.25, -0.2) is 0 Å². The van der Waals surface area contributed by atoms with Crippen molar-refractivity contribution < 1.29 is 14.3 Å². The third kappa shape index (κ3) is 3.49. The van der Waals surface area contributed by atoms with E-state index >= 15 is 0 Å². The van der Waals surface area contributed by atoms with Crippen molar-refractivity contribution in [3.63, 3.8) is 0 Å². The summed E-state index contributed by atoms with van der Waals surface area (Å²) in [5, 5.41) is 3.24. The van der Waals surface area contributed by atoms with Crippen LogP contribution < -0.4 is 5.32 Å². The maximum absolute atomic E-state index is 12.5. The maximum Gasteiger partial charge on any atom is 0.228 e. The van der Waals surface area contributed by atoms with Gasteiger partial charge < -0.3 is 19.9 Å². The van der Waals surface area contributed by atoms with Crippen LogP contribution in [0, 0.1) is 5.92 Å². The number of ether oxygens (including phenoxy) is 1. The van der Waals surface area contributed by atoms with Crippen molar-refractivity contribution in [2.45, 2.75) is 25.3 Å². The largest absolute Gasteiger partial charge is 0.383 e. The number of hydrogen-bond acceptors (Lipinski definition) is 4. The van der Waals surface area contributed by atoms with Crippen LogP contribution in [-0.2, 0) is 14.3 Å². The van der Waals surface area contributed by atoms with Crippen molar-refractivity contribution >= 4 is 11.8 Å². The molecule has 2 aliphatic rings. The molecule has 2 unspecified atom stereocenters. The highest BCUT2D eigenvalue weighted by Crippen LogP contribution is 2.22. The fourth-order valence-corrected chi connectivity index (χ4v) is 3.03. The standard InChI is InChI=1S/C14H25N3O3/c1-15-12-4-3-5-17(10-12)14(19)11-8-13(18)16(9-11)6-7-20-2/h11-12,15H,3-10H2,1-2H3. The fourth-order valence-electron chi connectivity index (χ4n) is 3.03. The van der Waals surface area contributed by atoms with E-state index in [-0.39, 0.29) is 17.7 Å². The molecule has 0 aromatic heterocycles. The Labute approximate surface area is 120 Å². The summed E-state index contributed by atoms with van der Waals surface area (Å²) in [4.78, 5) is 28.1. The summed E-state index contributed by atoms with van der Waals surface area (Å²) in [5.41, 5.74) is 0. The molecule has 114 valence electrons. The van der Waals surface area contributed by atoms with Crippen LogP contribution >= 0.6 is 0 Å². The molecule has 20 heavy (non-hydrogen) atoms. The van der Waals surface area contributed by atoms with Gasteiger partial charge in [0.15, 0.2) is 0 Å². The van der Waals surface area contributed by atoms with Crippen molar-refractivity contribution in [3.8, 4) is 0 Å². The van der Waals surface area contributed by atoms with Gasteiger partial charge in [-0.05, 0) is 19.9 Å². The zero-order chi connectivity index (χ0) is 14.5. The van der Waals surface area contributed by atoms with E-state index in [0.717, 1.165) is 25.9 Å². The molecule has 0 aliphatic carbocycles. The average Bonchev–Trinajstić information content (AvgIpc) is 2.85. The third-order valence-corrected chi connectivity index (χ3v) is 4.27. The minimum Gasteiger partial charge on any atom is -0.383 e. The normalized spacial score (nSPS) is 27.2. The lowest BCUT2D eigenvalue weighted by atomic mass is 10.0. The van der Waals surface area contributed by atoms with Gasteiger partial charge >= 0.3 is 0 Å². The first kappa shape index (κ1) is 15.3. The Bertz CT molecular complexity index is 362. The molecule has 2 heterocycles. The number of piperidine rings is 1. The predicted octanol–water partition coefficient (Wildman–Crippen LogP) is -0.308. The van der Waals surface area contributed by atoms with E-state index in [1.165, 1.54) is 0 Å². The minimum absolute atomic E-state index is 0.0718. The van der Waals surface area contributed by atoms with E-state index in [9.17, 15) is 9.59 Å². The van der Waals surface area contributed by atoms with Crippen molar-refractivity contribution in [2.75, 3.05) is 46.9 Å². The summed E-state index contributed by atoms with van der Waals surface area (Å²) in [5.74, 6) is 0.0377. The second kappa shape index (κ2) is 7.04. The van der Waals surface area contributed by atoms with Gasteiger partial charge in [-0.1, -0.05) is 0 Å². The van der Waals surface area contributed by atoms with Gasteiger partial charge in [0.25, 0.3) is 0 Å². The van der Waals surface area contributed by atoms with Crippen molar-refractivity contribution in [3.05, 3.63) is 0 Å². The molecule has 1 N–H and O–H groups in total. The van der Waals surface area contributed by atoms with Crippen LogP contribution in [0.1, 0.15) is 19.3 Å². The SMILES string of the molecule is CNC1CCCN(C(=O)C2CC(=O)N(CCOC)C2)C1. The minimum atomic E-state index is -0.171. The van der Waals surface area contributed by atoms with Crippen LogP contribution in [0.2, 0.25) is 0 Å². The van der Waals surface area contributed by atoms with E-state index in [1.807, 2.05) is 11.9 Å². The Kier molecular flexibility index (Phi) is 5.37. The number of likely N-dealkylation sites (N-methyl/N-ethyl adjacent to an activating group) is 1.